The summed E-state index contributed by atoms with van der Waals surface area (Å²) in [6.45, 7) is 2.24. The summed E-state index contributed by atoms with van der Waals surface area (Å²) in [4.78, 5) is 11.0. The number of ether oxygens (including phenoxy) is 1. The van der Waals surface area contributed by atoms with Crippen LogP contribution in [0.4, 0.5) is 0 Å². The van der Waals surface area contributed by atoms with Gasteiger partial charge in [-0.2, -0.15) is 0 Å². The highest BCUT2D eigenvalue weighted by Gasteiger charge is 2.08. The molecule has 0 aliphatic carbocycles. The summed E-state index contributed by atoms with van der Waals surface area (Å²) in [6.07, 6.45) is 4.46. The number of rotatable bonds is 6. The van der Waals surface area contributed by atoms with Gasteiger partial charge in [0, 0.05) is 29.7 Å². The van der Waals surface area contributed by atoms with Crippen molar-refractivity contribution in [3.05, 3.63) is 30.1 Å². The Morgan fingerprint density at radius 2 is 2.25 bits per heavy atom. The number of carbonyl (C=O) groups is 1. The largest absolute Gasteiger partial charge is 0.466 e. The Morgan fingerprint density at radius 1 is 1.44 bits per heavy atom. The van der Waals surface area contributed by atoms with Crippen molar-refractivity contribution in [2.75, 3.05) is 6.61 Å². The van der Waals surface area contributed by atoms with Crippen molar-refractivity contribution in [1.82, 2.24) is 0 Å². The van der Waals surface area contributed by atoms with E-state index >= 15 is 0 Å². The zero-order valence-corrected chi connectivity index (χ0v) is 9.56. The fraction of sp³-hybridized carbons (Fsp3) is 0.500. The third-order valence-electron chi connectivity index (χ3n) is 2.29. The van der Waals surface area contributed by atoms with Crippen LogP contribution in [0.2, 0.25) is 0 Å². The number of hydrogen-bond acceptors (Lipinski definition) is 3. The molecular formula is C12H18NO3+. The standard InChI is InChI=1S/C12H18NO3/c1-2-16-12(14)9-4-3-7-11-8-5-6-10-13(11)15/h5-6,8,10,15H,2-4,7,9H2,1H3/q+1. The zero-order chi connectivity index (χ0) is 11.8. The maximum absolute atomic E-state index is 11.0. The Bertz CT molecular complexity index is 339. The lowest BCUT2D eigenvalue weighted by Crippen LogP contribution is -2.34. The maximum Gasteiger partial charge on any atom is 0.305 e. The summed E-state index contributed by atoms with van der Waals surface area (Å²) >= 11 is 0. The van der Waals surface area contributed by atoms with Crippen LogP contribution < -0.4 is 4.73 Å². The van der Waals surface area contributed by atoms with Crippen LogP contribution in [0.15, 0.2) is 24.4 Å². The lowest BCUT2D eigenvalue weighted by Gasteiger charge is -2.00. The van der Waals surface area contributed by atoms with E-state index in [9.17, 15) is 10.0 Å². The third kappa shape index (κ3) is 4.29. The highest BCUT2D eigenvalue weighted by atomic mass is 16.5. The second kappa shape index (κ2) is 6.82. The molecule has 1 aromatic heterocycles. The quantitative estimate of drug-likeness (QED) is 0.345. The van der Waals surface area contributed by atoms with Crippen LogP contribution in [-0.4, -0.2) is 17.8 Å². The monoisotopic (exact) mass is 224 g/mol. The Hall–Kier alpha value is -1.58. The minimum absolute atomic E-state index is 0.146. The van der Waals surface area contributed by atoms with Gasteiger partial charge < -0.3 is 4.74 Å². The molecule has 1 N–H and O–H groups in total. The summed E-state index contributed by atoms with van der Waals surface area (Å²) in [5.41, 5.74) is 0.853. The highest BCUT2D eigenvalue weighted by molar-refractivity contribution is 5.69. The van der Waals surface area contributed by atoms with E-state index in [-0.39, 0.29) is 5.97 Å². The minimum atomic E-state index is -0.146. The Kier molecular flexibility index (Phi) is 5.32. The zero-order valence-electron chi connectivity index (χ0n) is 9.56. The first-order valence-corrected chi connectivity index (χ1v) is 5.58. The minimum Gasteiger partial charge on any atom is -0.466 e. The molecule has 0 unspecified atom stereocenters. The number of aromatic nitrogens is 1. The predicted molar refractivity (Wildman–Crippen MR) is 58.0 cm³/mol. The number of esters is 1. The average molecular weight is 224 g/mol. The molecular weight excluding hydrogens is 206 g/mol. The highest BCUT2D eigenvalue weighted by Crippen LogP contribution is 2.03. The fourth-order valence-electron chi connectivity index (χ4n) is 1.48. The molecule has 0 aliphatic heterocycles. The number of carbonyl (C=O) groups excluding carboxylic acids is 1. The molecule has 0 saturated heterocycles. The van der Waals surface area contributed by atoms with E-state index in [2.05, 4.69) is 0 Å². The molecule has 0 fully saturated rings. The summed E-state index contributed by atoms with van der Waals surface area (Å²) in [5.74, 6) is -0.146. The van der Waals surface area contributed by atoms with E-state index < -0.39 is 0 Å². The Balaban J connectivity index is 2.21. The van der Waals surface area contributed by atoms with Crippen molar-refractivity contribution in [2.24, 2.45) is 0 Å². The van der Waals surface area contributed by atoms with Gasteiger partial charge in [-0.3, -0.25) is 10.0 Å². The maximum atomic E-state index is 11.0. The third-order valence-corrected chi connectivity index (χ3v) is 2.29. The van der Waals surface area contributed by atoms with Crippen molar-refractivity contribution in [3.8, 4) is 0 Å². The SMILES string of the molecule is CCOC(=O)CCCCc1cccc[n+]1O. The first kappa shape index (κ1) is 12.5. The Morgan fingerprint density at radius 3 is 2.94 bits per heavy atom. The van der Waals surface area contributed by atoms with Crippen molar-refractivity contribution in [2.45, 2.75) is 32.6 Å². The van der Waals surface area contributed by atoms with Crippen LogP contribution in [-0.2, 0) is 16.0 Å². The topological polar surface area (TPSA) is 50.4 Å². The Labute approximate surface area is 95.4 Å². The van der Waals surface area contributed by atoms with Gasteiger partial charge in [-0.15, -0.1) is 0 Å². The molecule has 0 atom stereocenters. The molecule has 1 aromatic rings. The van der Waals surface area contributed by atoms with Crippen molar-refractivity contribution >= 4 is 5.97 Å². The lowest BCUT2D eigenvalue weighted by atomic mass is 10.1. The van der Waals surface area contributed by atoms with Crippen LogP contribution in [0.5, 0.6) is 0 Å². The molecule has 0 spiro atoms. The summed E-state index contributed by atoms with van der Waals surface area (Å²) in [5, 5.41) is 9.43. The first-order valence-electron chi connectivity index (χ1n) is 5.58. The van der Waals surface area contributed by atoms with Gasteiger partial charge in [-0.25, -0.2) is 0 Å². The van der Waals surface area contributed by atoms with Gasteiger partial charge >= 0.3 is 5.97 Å². The van der Waals surface area contributed by atoms with E-state index in [1.165, 1.54) is 0 Å². The molecule has 0 saturated carbocycles. The summed E-state index contributed by atoms with van der Waals surface area (Å²) in [7, 11) is 0. The van der Waals surface area contributed by atoms with E-state index in [0.29, 0.717) is 13.0 Å². The van der Waals surface area contributed by atoms with E-state index in [0.717, 1.165) is 29.7 Å². The number of aryl methyl sites for hydroxylation is 1. The number of nitrogens with zero attached hydrogens (tertiary/aromatic N) is 1. The molecule has 4 nitrogen and oxygen atoms in total. The average Bonchev–Trinajstić information content (AvgIpc) is 2.27. The van der Waals surface area contributed by atoms with E-state index in [4.69, 9.17) is 4.74 Å². The second-order valence-electron chi connectivity index (χ2n) is 3.55. The number of pyridine rings is 1. The van der Waals surface area contributed by atoms with Crippen LogP contribution in [0.25, 0.3) is 0 Å². The smallest absolute Gasteiger partial charge is 0.305 e. The number of unbranched alkanes of at least 4 members (excludes halogenated alkanes) is 1. The van der Waals surface area contributed by atoms with Gasteiger partial charge in [0.2, 0.25) is 11.9 Å². The molecule has 0 bridgehead atoms. The van der Waals surface area contributed by atoms with Crippen LogP contribution in [0, 0.1) is 0 Å². The summed E-state index contributed by atoms with van der Waals surface area (Å²) in [6, 6.07) is 5.51. The predicted octanol–water partition coefficient (Wildman–Crippen LogP) is 1.49. The molecule has 1 rings (SSSR count). The van der Waals surface area contributed by atoms with Crippen LogP contribution in [0.3, 0.4) is 0 Å². The van der Waals surface area contributed by atoms with Gasteiger partial charge in [-0.05, 0) is 25.8 Å². The molecule has 0 aliphatic rings. The molecule has 88 valence electrons. The van der Waals surface area contributed by atoms with Gasteiger partial charge in [0.05, 0.1) is 6.61 Å². The van der Waals surface area contributed by atoms with Crippen molar-refractivity contribution in [3.63, 3.8) is 0 Å². The van der Waals surface area contributed by atoms with Gasteiger partial charge in [0.1, 0.15) is 0 Å². The summed E-state index contributed by atoms with van der Waals surface area (Å²) < 4.78 is 5.94. The van der Waals surface area contributed by atoms with E-state index in [1.54, 1.807) is 19.2 Å². The van der Waals surface area contributed by atoms with Gasteiger partial charge in [0.15, 0.2) is 0 Å². The normalized spacial score (nSPS) is 10.1. The molecule has 0 radical (unpaired) electrons. The van der Waals surface area contributed by atoms with E-state index in [1.807, 2.05) is 12.1 Å². The van der Waals surface area contributed by atoms with Crippen LogP contribution in [0.1, 0.15) is 31.9 Å². The molecule has 4 heteroatoms. The lowest BCUT2D eigenvalue weighted by molar-refractivity contribution is -0.909. The van der Waals surface area contributed by atoms with Crippen LogP contribution >= 0.6 is 0 Å². The molecule has 0 aromatic carbocycles. The molecule has 0 amide bonds. The van der Waals surface area contributed by atoms with Crippen molar-refractivity contribution in [1.29, 1.82) is 0 Å². The molecule has 1 heterocycles. The van der Waals surface area contributed by atoms with Crippen molar-refractivity contribution < 1.29 is 19.5 Å². The molecule has 16 heavy (non-hydrogen) atoms. The first-order chi connectivity index (χ1) is 7.74. The van der Waals surface area contributed by atoms with Gasteiger partial charge in [0.25, 0.3) is 0 Å². The fourth-order valence-corrected chi connectivity index (χ4v) is 1.48. The number of hydrogen-bond donors (Lipinski definition) is 1. The van der Waals surface area contributed by atoms with Gasteiger partial charge in [-0.1, -0.05) is 0 Å². The second-order valence-corrected chi connectivity index (χ2v) is 3.55.